The maximum absolute atomic E-state index is 12.9. The van der Waals surface area contributed by atoms with Gasteiger partial charge in [-0.05, 0) is 51.4 Å². The van der Waals surface area contributed by atoms with E-state index in [9.17, 15) is 19.5 Å². The van der Waals surface area contributed by atoms with Crippen LogP contribution >= 0.6 is 0 Å². The van der Waals surface area contributed by atoms with Gasteiger partial charge in [0.15, 0.2) is 12.4 Å². The molecule has 0 spiro atoms. The molecule has 0 fully saturated rings. The number of carbonyl (C=O) groups is 3. The van der Waals surface area contributed by atoms with Gasteiger partial charge in [-0.1, -0.05) is 306 Å². The monoisotopic (exact) mass is 1110 g/mol. The molecule has 0 radical (unpaired) electrons. The highest BCUT2D eigenvalue weighted by Crippen LogP contribution is 2.18. The van der Waals surface area contributed by atoms with Crippen molar-refractivity contribution in [1.29, 1.82) is 0 Å². The van der Waals surface area contributed by atoms with Gasteiger partial charge in [0.05, 0.1) is 40.3 Å². The van der Waals surface area contributed by atoms with Gasteiger partial charge in [0.25, 0.3) is 0 Å². The van der Waals surface area contributed by atoms with E-state index in [2.05, 4.69) is 62.5 Å². The third-order valence-electron chi connectivity index (χ3n) is 15.1. The molecule has 0 rings (SSSR count). The van der Waals surface area contributed by atoms with E-state index in [1.165, 1.54) is 231 Å². The molecule has 9 nitrogen and oxygen atoms in total. The average molecular weight is 1110 g/mol. The van der Waals surface area contributed by atoms with Gasteiger partial charge < -0.3 is 33.3 Å². The Bertz CT molecular complexity index is 1430. The van der Waals surface area contributed by atoms with Crippen molar-refractivity contribution in [2.24, 2.45) is 0 Å². The summed E-state index contributed by atoms with van der Waals surface area (Å²) in [5.41, 5.74) is 0. The van der Waals surface area contributed by atoms with E-state index >= 15 is 0 Å². The third-order valence-corrected chi connectivity index (χ3v) is 15.1. The highest BCUT2D eigenvalue weighted by molar-refractivity contribution is 5.70. The van der Waals surface area contributed by atoms with Crippen LogP contribution in [0.5, 0.6) is 0 Å². The van der Waals surface area contributed by atoms with Crippen LogP contribution in [0.2, 0.25) is 0 Å². The number of nitrogens with zero attached hydrogens (tertiary/aromatic N) is 1. The van der Waals surface area contributed by atoms with Gasteiger partial charge >= 0.3 is 11.9 Å². The summed E-state index contributed by atoms with van der Waals surface area (Å²) in [5.74, 6) is -2.26. The predicted octanol–water partition coefficient (Wildman–Crippen LogP) is 19.2. The van der Waals surface area contributed by atoms with Crippen LogP contribution in [0.3, 0.4) is 0 Å². The second-order valence-electron chi connectivity index (χ2n) is 24.1. The molecule has 0 saturated carbocycles. The molecule has 2 atom stereocenters. The predicted molar refractivity (Wildman–Crippen MR) is 334 cm³/mol. The normalized spacial score (nSPS) is 13.0. The molecule has 0 N–H and O–H groups in total. The van der Waals surface area contributed by atoms with Crippen molar-refractivity contribution in [2.75, 3.05) is 47.5 Å². The number of hydrogen-bond acceptors (Lipinski definition) is 8. The molecule has 462 valence electrons. The van der Waals surface area contributed by atoms with Crippen LogP contribution in [-0.4, -0.2) is 82.3 Å². The summed E-state index contributed by atoms with van der Waals surface area (Å²) in [6.07, 6.45) is 74.7. The van der Waals surface area contributed by atoms with Crippen molar-refractivity contribution >= 4 is 17.9 Å². The van der Waals surface area contributed by atoms with Crippen LogP contribution in [0.1, 0.15) is 322 Å². The first-order valence-electron chi connectivity index (χ1n) is 33.8. The summed E-state index contributed by atoms with van der Waals surface area (Å²) in [5, 5.41) is 11.8. The van der Waals surface area contributed by atoms with E-state index in [-0.39, 0.29) is 32.2 Å². The molecule has 0 aliphatic carbocycles. The largest absolute Gasteiger partial charge is 0.545 e. The zero-order chi connectivity index (χ0) is 57.6. The van der Waals surface area contributed by atoms with Crippen molar-refractivity contribution in [3.8, 4) is 0 Å². The van der Waals surface area contributed by atoms with Crippen LogP contribution in [0, 0.1) is 0 Å². The number of esters is 2. The van der Waals surface area contributed by atoms with Gasteiger partial charge in [-0.25, -0.2) is 0 Å². The molecular formula is C70H129NO8. The lowest BCUT2D eigenvalue weighted by Crippen LogP contribution is -2.44. The van der Waals surface area contributed by atoms with Gasteiger partial charge in [0.2, 0.25) is 0 Å². The highest BCUT2D eigenvalue weighted by atomic mass is 16.7. The number of carboxylic acids is 1. The fourth-order valence-electron chi connectivity index (χ4n) is 9.94. The second-order valence-corrected chi connectivity index (χ2v) is 24.1. The van der Waals surface area contributed by atoms with Crippen molar-refractivity contribution in [1.82, 2.24) is 0 Å². The topological polar surface area (TPSA) is 111 Å². The first-order chi connectivity index (χ1) is 38.6. The summed E-state index contributed by atoms with van der Waals surface area (Å²) in [6, 6.07) is 0. The standard InChI is InChI=1S/C70H129NO8/c1-6-8-10-12-14-16-18-20-22-24-26-28-30-32-33-34-35-37-39-41-43-45-47-49-51-53-55-57-59-61-68(73)79-66(65-78-70(69(74)75)76-63-62-71(3,4)5)64-77-67(72)60-58-56-54-52-50-48-46-44-42-40-38-36-31-29-27-25-23-21-19-17-15-13-11-9-7-2/h8,10,14,16,20,22,26,28,66,70H,6-7,9,11-13,15,17-19,21,23-25,27,29-65H2,1-5H3/b10-8-,16-14-,22-20-,28-26-. The molecule has 0 heterocycles. The van der Waals surface area contributed by atoms with Crippen molar-refractivity contribution in [3.05, 3.63) is 48.6 Å². The van der Waals surface area contributed by atoms with Crippen LogP contribution in [0.15, 0.2) is 48.6 Å². The molecule has 0 aromatic heterocycles. The van der Waals surface area contributed by atoms with Gasteiger partial charge in [-0.2, -0.15) is 0 Å². The molecular weight excluding hydrogens is 983 g/mol. The summed E-state index contributed by atoms with van der Waals surface area (Å²) >= 11 is 0. The third kappa shape index (κ3) is 62.7. The SMILES string of the molecule is CC/C=C\C/C=C\C/C=C\C/C=C\CCCCCCCCCCCCCCCCCCC(=O)OC(COC(=O)CCCCCCCCCCCCCCCCCCCCCCCCCCC)COC(OCC[N+](C)(C)C)C(=O)[O-]. The summed E-state index contributed by atoms with van der Waals surface area (Å²) in [6.45, 7) is 4.70. The molecule has 0 aromatic carbocycles. The number of likely N-dealkylation sites (N-methyl/N-ethyl adjacent to an activating group) is 1. The van der Waals surface area contributed by atoms with Crippen LogP contribution in [0.25, 0.3) is 0 Å². The fourth-order valence-corrected chi connectivity index (χ4v) is 9.94. The number of allylic oxidation sites excluding steroid dienone is 8. The summed E-state index contributed by atoms with van der Waals surface area (Å²) < 4.78 is 22.8. The zero-order valence-corrected chi connectivity index (χ0v) is 52.8. The average Bonchev–Trinajstić information content (AvgIpc) is 3.42. The summed E-state index contributed by atoms with van der Waals surface area (Å²) in [7, 11) is 5.94. The van der Waals surface area contributed by atoms with Crippen LogP contribution < -0.4 is 5.11 Å². The molecule has 0 aromatic rings. The number of carbonyl (C=O) groups excluding carboxylic acids is 3. The Labute approximate surface area is 489 Å². The number of quaternary nitrogens is 1. The number of carboxylic acid groups (broad SMARTS) is 1. The molecule has 2 unspecified atom stereocenters. The van der Waals surface area contributed by atoms with Crippen LogP contribution in [-0.2, 0) is 33.3 Å². The smallest absolute Gasteiger partial charge is 0.306 e. The molecule has 9 heteroatoms. The van der Waals surface area contributed by atoms with Crippen molar-refractivity contribution in [2.45, 2.75) is 334 Å². The minimum absolute atomic E-state index is 0.150. The molecule has 0 bridgehead atoms. The van der Waals surface area contributed by atoms with Crippen LogP contribution in [0.4, 0.5) is 0 Å². The molecule has 0 amide bonds. The number of unbranched alkanes of at least 4 members (excludes halogenated alkanes) is 40. The van der Waals surface area contributed by atoms with E-state index in [0.717, 1.165) is 57.8 Å². The lowest BCUT2D eigenvalue weighted by molar-refractivity contribution is -0.870. The van der Waals surface area contributed by atoms with Gasteiger partial charge in [-0.3, -0.25) is 9.59 Å². The first kappa shape index (κ1) is 76.2. The summed E-state index contributed by atoms with van der Waals surface area (Å²) in [4.78, 5) is 37.5. The number of hydrogen-bond donors (Lipinski definition) is 0. The number of ether oxygens (including phenoxy) is 4. The van der Waals surface area contributed by atoms with Gasteiger partial charge in [0, 0.05) is 12.8 Å². The van der Waals surface area contributed by atoms with Crippen molar-refractivity contribution < 1.29 is 42.9 Å². The Morgan fingerprint density at radius 1 is 0.392 bits per heavy atom. The molecule has 79 heavy (non-hydrogen) atoms. The van der Waals surface area contributed by atoms with Crippen molar-refractivity contribution in [3.63, 3.8) is 0 Å². The van der Waals surface area contributed by atoms with E-state index in [4.69, 9.17) is 18.9 Å². The van der Waals surface area contributed by atoms with E-state index in [1.807, 2.05) is 21.1 Å². The van der Waals surface area contributed by atoms with E-state index < -0.39 is 24.3 Å². The maximum Gasteiger partial charge on any atom is 0.306 e. The number of rotatable bonds is 63. The molecule has 0 aliphatic heterocycles. The molecule has 0 aliphatic rings. The minimum Gasteiger partial charge on any atom is -0.545 e. The lowest BCUT2D eigenvalue weighted by Gasteiger charge is -2.26. The van der Waals surface area contributed by atoms with Gasteiger partial charge in [0.1, 0.15) is 13.2 Å². The fraction of sp³-hybridized carbons (Fsp3) is 0.843. The van der Waals surface area contributed by atoms with E-state index in [1.54, 1.807) is 0 Å². The lowest BCUT2D eigenvalue weighted by atomic mass is 10.0. The Morgan fingerprint density at radius 2 is 0.722 bits per heavy atom. The quantitative estimate of drug-likeness (QED) is 0.0195. The van der Waals surface area contributed by atoms with E-state index in [0.29, 0.717) is 23.9 Å². The Balaban J connectivity index is 4.10. The van der Waals surface area contributed by atoms with Gasteiger partial charge in [-0.15, -0.1) is 0 Å². The zero-order valence-electron chi connectivity index (χ0n) is 52.8. The Kier molecular flexibility index (Phi) is 59.2. The molecule has 0 saturated heterocycles. The highest BCUT2D eigenvalue weighted by Gasteiger charge is 2.22. The first-order valence-corrected chi connectivity index (χ1v) is 33.8. The minimum atomic E-state index is -1.62. The number of aliphatic carboxylic acids is 1. The Morgan fingerprint density at radius 3 is 1.08 bits per heavy atom. The Hall–Kier alpha value is -2.75. The maximum atomic E-state index is 12.9. The second kappa shape index (κ2) is 61.3.